The van der Waals surface area contributed by atoms with E-state index in [1.54, 1.807) is 13.3 Å². The van der Waals surface area contributed by atoms with Crippen molar-refractivity contribution in [3.05, 3.63) is 59.7 Å². The lowest BCUT2D eigenvalue weighted by molar-refractivity contribution is 0.311. The van der Waals surface area contributed by atoms with Gasteiger partial charge in [0.05, 0.1) is 19.9 Å². The molecule has 24 heavy (non-hydrogen) atoms. The molecule has 126 valence electrons. The van der Waals surface area contributed by atoms with Crippen molar-refractivity contribution in [3.63, 3.8) is 0 Å². The van der Waals surface area contributed by atoms with Gasteiger partial charge < -0.3 is 14.8 Å². The van der Waals surface area contributed by atoms with Crippen LogP contribution in [-0.4, -0.2) is 25.0 Å². The maximum Gasteiger partial charge on any atom is 0.187 e. The second kappa shape index (κ2) is 9.52. The van der Waals surface area contributed by atoms with Gasteiger partial charge in [-0.05, 0) is 48.5 Å². The number of hydrogen-bond donors (Lipinski definition) is 2. The summed E-state index contributed by atoms with van der Waals surface area (Å²) in [5, 5.41) is 7.69. The molecule has 0 atom stereocenters. The Balaban J connectivity index is 1.85. The molecule has 2 rings (SSSR count). The summed E-state index contributed by atoms with van der Waals surface area (Å²) in [6.07, 6.45) is 1.68. The lowest BCUT2D eigenvalue weighted by Crippen LogP contribution is -2.31. The number of ether oxygens (including phenoxy) is 2. The molecule has 5 nitrogen and oxygen atoms in total. The van der Waals surface area contributed by atoms with Gasteiger partial charge in [0, 0.05) is 6.54 Å². The average Bonchev–Trinajstić information content (AvgIpc) is 2.62. The largest absolute Gasteiger partial charge is 0.493 e. The van der Waals surface area contributed by atoms with Crippen LogP contribution in [0.25, 0.3) is 0 Å². The van der Waals surface area contributed by atoms with Crippen LogP contribution in [0.1, 0.15) is 18.1 Å². The number of nitrogens with one attached hydrogen (secondary N) is 2. The van der Waals surface area contributed by atoms with E-state index in [1.807, 2.05) is 55.5 Å². The van der Waals surface area contributed by atoms with Crippen molar-refractivity contribution in [2.75, 3.05) is 13.7 Å². The lowest BCUT2D eigenvalue weighted by Gasteiger charge is -2.09. The molecule has 0 amide bonds. The molecule has 0 spiro atoms. The predicted molar refractivity (Wildman–Crippen MR) is 101 cm³/mol. The Morgan fingerprint density at radius 3 is 2.67 bits per heavy atom. The fraction of sp³-hybridized carbons (Fsp3) is 0.222. The van der Waals surface area contributed by atoms with Crippen LogP contribution in [0.5, 0.6) is 11.5 Å². The van der Waals surface area contributed by atoms with Crippen LogP contribution in [0.3, 0.4) is 0 Å². The zero-order chi connectivity index (χ0) is 17.2. The third-order valence-electron chi connectivity index (χ3n) is 3.16. The summed E-state index contributed by atoms with van der Waals surface area (Å²) in [4.78, 5) is 0. The van der Waals surface area contributed by atoms with E-state index in [1.165, 1.54) is 0 Å². The van der Waals surface area contributed by atoms with Gasteiger partial charge in [0.1, 0.15) is 0 Å². The van der Waals surface area contributed by atoms with Gasteiger partial charge in [-0.2, -0.15) is 5.10 Å². The summed E-state index contributed by atoms with van der Waals surface area (Å²) in [6, 6.07) is 15.6. The monoisotopic (exact) mass is 343 g/mol. The van der Waals surface area contributed by atoms with Crippen molar-refractivity contribution in [1.29, 1.82) is 0 Å². The molecule has 0 aliphatic heterocycles. The molecular weight excluding hydrogens is 322 g/mol. The van der Waals surface area contributed by atoms with E-state index in [4.69, 9.17) is 21.7 Å². The zero-order valence-electron chi connectivity index (χ0n) is 13.8. The third-order valence-corrected chi connectivity index (χ3v) is 3.40. The molecule has 0 heterocycles. The summed E-state index contributed by atoms with van der Waals surface area (Å²) < 4.78 is 10.8. The van der Waals surface area contributed by atoms with Crippen LogP contribution in [0, 0.1) is 0 Å². The molecule has 0 aliphatic carbocycles. The number of methoxy groups -OCH3 is 1. The summed E-state index contributed by atoms with van der Waals surface area (Å²) in [7, 11) is 1.61. The van der Waals surface area contributed by atoms with Gasteiger partial charge >= 0.3 is 0 Å². The van der Waals surface area contributed by atoms with Gasteiger partial charge in [-0.1, -0.05) is 30.3 Å². The fourth-order valence-electron chi connectivity index (χ4n) is 2.02. The van der Waals surface area contributed by atoms with Crippen molar-refractivity contribution >= 4 is 23.5 Å². The number of hydrogen-bond acceptors (Lipinski definition) is 4. The van der Waals surface area contributed by atoms with Gasteiger partial charge in [-0.15, -0.1) is 0 Å². The summed E-state index contributed by atoms with van der Waals surface area (Å²) in [5.41, 5.74) is 4.83. The van der Waals surface area contributed by atoms with Crippen LogP contribution >= 0.6 is 12.2 Å². The standard InChI is InChI=1S/C18H21N3O2S/c1-3-23-16-10-9-15(11-17(16)22-2)13-20-21-18(24)19-12-14-7-5-4-6-8-14/h4-11,13H,3,12H2,1-2H3,(H2,19,21,24). The van der Waals surface area contributed by atoms with Crippen LogP contribution < -0.4 is 20.2 Å². The van der Waals surface area contributed by atoms with E-state index < -0.39 is 0 Å². The Hall–Kier alpha value is -2.60. The smallest absolute Gasteiger partial charge is 0.187 e. The Labute approximate surface area is 147 Å². The predicted octanol–water partition coefficient (Wildman–Crippen LogP) is 3.09. The second-order valence-electron chi connectivity index (χ2n) is 4.88. The molecule has 2 aromatic rings. The third kappa shape index (κ3) is 5.55. The molecule has 0 fully saturated rings. The first kappa shape index (κ1) is 17.7. The maximum absolute atomic E-state index is 5.48. The molecule has 0 bridgehead atoms. The van der Waals surface area contributed by atoms with E-state index in [0.717, 1.165) is 11.1 Å². The molecule has 2 N–H and O–H groups in total. The molecule has 2 aromatic carbocycles. The molecule has 0 aliphatic rings. The number of benzene rings is 2. The van der Waals surface area contributed by atoms with Gasteiger partial charge in [0.25, 0.3) is 0 Å². The lowest BCUT2D eigenvalue weighted by atomic mass is 10.2. The minimum absolute atomic E-state index is 0.466. The highest BCUT2D eigenvalue weighted by molar-refractivity contribution is 7.80. The van der Waals surface area contributed by atoms with Gasteiger partial charge in [0.2, 0.25) is 0 Å². The Morgan fingerprint density at radius 1 is 1.17 bits per heavy atom. The number of hydrazone groups is 1. The Bertz CT molecular complexity index is 690. The van der Waals surface area contributed by atoms with Gasteiger partial charge in [-0.25, -0.2) is 0 Å². The van der Waals surface area contributed by atoms with Crippen LogP contribution in [0.4, 0.5) is 0 Å². The van der Waals surface area contributed by atoms with Crippen molar-refractivity contribution in [2.45, 2.75) is 13.5 Å². The average molecular weight is 343 g/mol. The van der Waals surface area contributed by atoms with Crippen molar-refractivity contribution in [2.24, 2.45) is 5.10 Å². The zero-order valence-corrected chi connectivity index (χ0v) is 14.6. The maximum atomic E-state index is 5.48. The van der Waals surface area contributed by atoms with E-state index in [-0.39, 0.29) is 0 Å². The highest BCUT2D eigenvalue weighted by Crippen LogP contribution is 2.27. The summed E-state index contributed by atoms with van der Waals surface area (Å²) >= 11 is 5.19. The minimum atomic E-state index is 0.466. The number of rotatable bonds is 7. The fourth-order valence-corrected chi connectivity index (χ4v) is 2.15. The topological polar surface area (TPSA) is 54.9 Å². The van der Waals surface area contributed by atoms with E-state index in [0.29, 0.717) is 29.8 Å². The first-order valence-corrected chi connectivity index (χ1v) is 8.05. The Kier molecular flexibility index (Phi) is 7.04. The van der Waals surface area contributed by atoms with Crippen molar-refractivity contribution in [3.8, 4) is 11.5 Å². The molecule has 0 saturated carbocycles. The minimum Gasteiger partial charge on any atom is -0.493 e. The van der Waals surface area contributed by atoms with E-state index in [9.17, 15) is 0 Å². The highest BCUT2D eigenvalue weighted by Gasteiger charge is 2.04. The molecular formula is C18H21N3O2S. The van der Waals surface area contributed by atoms with Crippen LogP contribution in [0.15, 0.2) is 53.6 Å². The van der Waals surface area contributed by atoms with Crippen LogP contribution in [0.2, 0.25) is 0 Å². The van der Waals surface area contributed by atoms with Gasteiger partial charge in [-0.3, -0.25) is 5.43 Å². The van der Waals surface area contributed by atoms with E-state index >= 15 is 0 Å². The number of thiocarbonyl (C=S) groups is 1. The van der Waals surface area contributed by atoms with E-state index in [2.05, 4.69) is 15.8 Å². The summed E-state index contributed by atoms with van der Waals surface area (Å²) in [6.45, 7) is 3.17. The molecule has 0 unspecified atom stereocenters. The van der Waals surface area contributed by atoms with Crippen molar-refractivity contribution < 1.29 is 9.47 Å². The van der Waals surface area contributed by atoms with Crippen LogP contribution in [-0.2, 0) is 6.54 Å². The SMILES string of the molecule is CCOc1ccc(C=NNC(=S)NCc2ccccc2)cc1OC. The Morgan fingerprint density at radius 2 is 1.96 bits per heavy atom. The molecule has 0 radical (unpaired) electrons. The molecule has 0 saturated heterocycles. The highest BCUT2D eigenvalue weighted by atomic mass is 32.1. The molecule has 0 aromatic heterocycles. The quantitative estimate of drug-likeness (QED) is 0.460. The second-order valence-corrected chi connectivity index (χ2v) is 5.29. The first-order valence-electron chi connectivity index (χ1n) is 7.64. The van der Waals surface area contributed by atoms with Gasteiger partial charge in [0.15, 0.2) is 16.6 Å². The first-order chi connectivity index (χ1) is 11.7. The number of nitrogens with zero attached hydrogens (tertiary/aromatic N) is 1. The molecule has 6 heteroatoms. The summed E-state index contributed by atoms with van der Waals surface area (Å²) in [5.74, 6) is 1.38. The normalized spacial score (nSPS) is 10.4. The van der Waals surface area contributed by atoms with Crippen molar-refractivity contribution in [1.82, 2.24) is 10.7 Å².